The van der Waals surface area contributed by atoms with Crippen molar-refractivity contribution < 1.29 is 9.53 Å². The predicted molar refractivity (Wildman–Crippen MR) is 178 cm³/mol. The summed E-state index contributed by atoms with van der Waals surface area (Å²) in [5.41, 5.74) is 6.89. The first-order valence-electron chi connectivity index (χ1n) is 14.1. The highest BCUT2D eigenvalue weighted by atomic mass is 35.5. The molecule has 0 N–H and O–H groups in total. The van der Waals surface area contributed by atoms with Crippen LogP contribution < -0.4 is 9.64 Å². The number of nitrogens with zero attached hydrogens (tertiary/aromatic N) is 2. The van der Waals surface area contributed by atoms with Gasteiger partial charge in [0.15, 0.2) is 5.17 Å². The zero-order chi connectivity index (χ0) is 29.5. The van der Waals surface area contributed by atoms with Crippen LogP contribution >= 0.6 is 23.4 Å². The molecule has 0 radical (unpaired) electrons. The number of hydrogen-bond acceptors (Lipinski definition) is 4. The van der Waals surface area contributed by atoms with Crippen molar-refractivity contribution in [2.75, 3.05) is 4.90 Å². The number of anilines is 1. The van der Waals surface area contributed by atoms with Crippen LogP contribution in [-0.4, -0.2) is 11.1 Å². The fourth-order valence-electron chi connectivity index (χ4n) is 4.64. The van der Waals surface area contributed by atoms with E-state index in [9.17, 15) is 4.79 Å². The number of rotatable bonds is 10. The highest BCUT2D eigenvalue weighted by Gasteiger charge is 2.34. The first kappa shape index (κ1) is 29.4. The minimum atomic E-state index is -0.0995. The van der Waals surface area contributed by atoms with Gasteiger partial charge < -0.3 is 4.74 Å². The summed E-state index contributed by atoms with van der Waals surface area (Å²) in [4.78, 5) is 21.0. The molecule has 0 bridgehead atoms. The van der Waals surface area contributed by atoms with Gasteiger partial charge in [0.25, 0.3) is 5.91 Å². The number of aryl methyl sites for hydroxylation is 2. The first-order valence-corrected chi connectivity index (χ1v) is 15.3. The Labute approximate surface area is 257 Å². The van der Waals surface area contributed by atoms with Crippen LogP contribution in [0.1, 0.15) is 41.7 Å². The summed E-state index contributed by atoms with van der Waals surface area (Å²) < 4.78 is 6.14. The standard InChI is InChI=1S/C36H33ClN2O2S/c1-4-9-28-22-27(16-21-33(28)41-24-29-10-7-8-11-32(29)37)23-34-35(40)39(31-19-14-26(6-3)15-20-31)36(42-34)38-30-17-12-25(5-2)13-18-30/h4,7-8,10-23H,1,5-6,9,24H2,2-3H3/b34-23-,38-36?. The van der Waals surface area contributed by atoms with E-state index in [4.69, 9.17) is 21.3 Å². The molecule has 4 aromatic rings. The molecule has 4 nitrogen and oxygen atoms in total. The summed E-state index contributed by atoms with van der Waals surface area (Å²) in [6.07, 6.45) is 6.30. The quantitative estimate of drug-likeness (QED) is 0.136. The Morgan fingerprint density at radius 3 is 2.26 bits per heavy atom. The second-order valence-electron chi connectivity index (χ2n) is 9.93. The molecule has 0 unspecified atom stereocenters. The van der Waals surface area contributed by atoms with E-state index < -0.39 is 0 Å². The number of carbonyl (C=O) groups is 1. The largest absolute Gasteiger partial charge is 0.489 e. The molecule has 0 atom stereocenters. The van der Waals surface area contributed by atoms with Crippen molar-refractivity contribution in [2.24, 2.45) is 4.99 Å². The average Bonchev–Trinajstić information content (AvgIpc) is 3.31. The normalized spacial score (nSPS) is 15.0. The molecule has 5 rings (SSSR count). The van der Waals surface area contributed by atoms with Gasteiger partial charge in [-0.25, -0.2) is 4.99 Å². The summed E-state index contributed by atoms with van der Waals surface area (Å²) in [7, 11) is 0. The van der Waals surface area contributed by atoms with Crippen molar-refractivity contribution in [3.63, 3.8) is 0 Å². The molecule has 0 spiro atoms. The molecule has 1 aliphatic heterocycles. The Kier molecular flexibility index (Phi) is 9.63. The predicted octanol–water partition coefficient (Wildman–Crippen LogP) is 9.58. The summed E-state index contributed by atoms with van der Waals surface area (Å²) in [5, 5.41) is 1.30. The van der Waals surface area contributed by atoms with E-state index in [1.54, 1.807) is 4.90 Å². The number of hydrogen-bond donors (Lipinski definition) is 0. The molecule has 212 valence electrons. The van der Waals surface area contributed by atoms with Crippen LogP contribution in [0.25, 0.3) is 6.08 Å². The molecule has 1 aliphatic rings. The lowest BCUT2D eigenvalue weighted by atomic mass is 10.1. The Balaban J connectivity index is 1.46. The van der Waals surface area contributed by atoms with Crippen molar-refractivity contribution in [1.29, 1.82) is 0 Å². The molecular formula is C36H33ClN2O2S. The van der Waals surface area contributed by atoms with Gasteiger partial charge in [0.2, 0.25) is 0 Å². The zero-order valence-corrected chi connectivity index (χ0v) is 25.4. The maximum Gasteiger partial charge on any atom is 0.271 e. The maximum absolute atomic E-state index is 13.8. The monoisotopic (exact) mass is 592 g/mol. The Morgan fingerprint density at radius 2 is 1.60 bits per heavy atom. The van der Waals surface area contributed by atoms with Gasteiger partial charge in [0.05, 0.1) is 16.3 Å². The second kappa shape index (κ2) is 13.7. The molecule has 42 heavy (non-hydrogen) atoms. The number of amides is 1. The van der Waals surface area contributed by atoms with Gasteiger partial charge >= 0.3 is 0 Å². The second-order valence-corrected chi connectivity index (χ2v) is 11.3. The van der Waals surface area contributed by atoms with Gasteiger partial charge in [-0.3, -0.25) is 9.69 Å². The summed E-state index contributed by atoms with van der Waals surface area (Å²) in [6.45, 7) is 8.53. The van der Waals surface area contributed by atoms with E-state index >= 15 is 0 Å². The Hall–Kier alpha value is -4.06. The average molecular weight is 593 g/mol. The summed E-state index contributed by atoms with van der Waals surface area (Å²) >= 11 is 7.71. The number of amidine groups is 1. The van der Waals surface area contributed by atoms with Gasteiger partial charge in [-0.05, 0) is 102 Å². The number of halogens is 1. The van der Waals surface area contributed by atoms with Crippen LogP contribution in [0.15, 0.2) is 114 Å². The Bertz CT molecular complexity index is 1640. The minimum Gasteiger partial charge on any atom is -0.489 e. The van der Waals surface area contributed by atoms with Gasteiger partial charge in [0, 0.05) is 10.6 Å². The maximum atomic E-state index is 13.8. The van der Waals surface area contributed by atoms with E-state index in [1.807, 2.05) is 78.9 Å². The van der Waals surface area contributed by atoms with E-state index in [1.165, 1.54) is 22.9 Å². The molecular weight excluding hydrogens is 560 g/mol. The number of aliphatic imine (C=N–C) groups is 1. The van der Waals surface area contributed by atoms with Crippen LogP contribution in [0.2, 0.25) is 5.02 Å². The number of allylic oxidation sites excluding steroid dienone is 1. The summed E-state index contributed by atoms with van der Waals surface area (Å²) in [5.74, 6) is 0.662. The third-order valence-electron chi connectivity index (χ3n) is 7.07. The molecule has 1 saturated heterocycles. The van der Waals surface area contributed by atoms with Crippen LogP contribution in [0.4, 0.5) is 11.4 Å². The lowest BCUT2D eigenvalue weighted by Gasteiger charge is -2.16. The van der Waals surface area contributed by atoms with Crippen LogP contribution in [0.3, 0.4) is 0 Å². The van der Waals surface area contributed by atoms with E-state index in [0.29, 0.717) is 28.1 Å². The van der Waals surface area contributed by atoms with Gasteiger partial charge in [-0.15, -0.1) is 6.58 Å². The molecule has 0 aliphatic carbocycles. The van der Waals surface area contributed by atoms with Crippen LogP contribution in [0, 0.1) is 0 Å². The molecule has 1 fully saturated rings. The highest BCUT2D eigenvalue weighted by molar-refractivity contribution is 8.19. The van der Waals surface area contributed by atoms with Crippen molar-refractivity contribution in [3.05, 3.63) is 141 Å². The SMILES string of the molecule is C=CCc1cc(/C=C2\SC(=Nc3ccc(CC)cc3)N(c3ccc(CC)cc3)C2=O)ccc1OCc1ccccc1Cl. The van der Waals surface area contributed by atoms with Gasteiger partial charge in [-0.2, -0.15) is 0 Å². The van der Waals surface area contributed by atoms with Crippen molar-refractivity contribution in [2.45, 2.75) is 39.7 Å². The van der Waals surface area contributed by atoms with Crippen molar-refractivity contribution in [3.8, 4) is 5.75 Å². The smallest absolute Gasteiger partial charge is 0.271 e. The Morgan fingerprint density at radius 1 is 0.905 bits per heavy atom. The first-order chi connectivity index (χ1) is 20.5. The van der Waals surface area contributed by atoms with Gasteiger partial charge in [0.1, 0.15) is 12.4 Å². The lowest BCUT2D eigenvalue weighted by Crippen LogP contribution is -2.28. The van der Waals surface area contributed by atoms with Crippen molar-refractivity contribution in [1.82, 2.24) is 0 Å². The molecule has 0 saturated carbocycles. The molecule has 6 heteroatoms. The molecule has 1 heterocycles. The van der Waals surface area contributed by atoms with Crippen LogP contribution in [-0.2, 0) is 30.7 Å². The number of ether oxygens (including phenoxy) is 1. The van der Waals surface area contributed by atoms with E-state index in [-0.39, 0.29) is 5.91 Å². The highest BCUT2D eigenvalue weighted by Crippen LogP contribution is 2.38. The third kappa shape index (κ3) is 6.87. The molecule has 4 aromatic carbocycles. The summed E-state index contributed by atoms with van der Waals surface area (Å²) in [6, 6.07) is 29.9. The fourth-order valence-corrected chi connectivity index (χ4v) is 5.83. The zero-order valence-electron chi connectivity index (χ0n) is 23.8. The topological polar surface area (TPSA) is 41.9 Å². The third-order valence-corrected chi connectivity index (χ3v) is 8.40. The fraction of sp³-hybridized carbons (Fsp3) is 0.167. The van der Waals surface area contributed by atoms with Gasteiger partial charge in [-0.1, -0.05) is 80.1 Å². The number of benzene rings is 4. The number of carbonyl (C=O) groups excluding carboxylic acids is 1. The lowest BCUT2D eigenvalue weighted by molar-refractivity contribution is -0.113. The minimum absolute atomic E-state index is 0.0995. The molecule has 1 amide bonds. The van der Waals surface area contributed by atoms with E-state index in [2.05, 4.69) is 44.7 Å². The van der Waals surface area contributed by atoms with Crippen molar-refractivity contribution >= 4 is 51.9 Å². The van der Waals surface area contributed by atoms with Crippen LogP contribution in [0.5, 0.6) is 5.75 Å². The molecule has 0 aromatic heterocycles. The van der Waals surface area contributed by atoms with E-state index in [0.717, 1.165) is 46.7 Å². The number of thioether (sulfide) groups is 1.